The first-order valence-electron chi connectivity index (χ1n) is 15.1. The van der Waals surface area contributed by atoms with Crippen molar-refractivity contribution in [2.75, 3.05) is 49.1 Å². The molecule has 3 fully saturated rings. The Bertz CT molecular complexity index is 1590. The standard InChI is InChI=1S/C32H34ClF3N6O4/c33-20-11-19(12-22(35)13-20)16-39-30(43)32(45)5-6-42(31(32)44)23-2-4-28(38-17-23)41-9-7-40(8-10-41)24-15-27(37)29(46-18-24)25-14-21(34)1-3-26(25)36/h1-4,11-14,17,24,27,29,45H,5-10,15-16,18,37H2,(H,39,43)/t24-,27-,29+,32-/m0/s1. The molecule has 4 N–H and O–H groups in total. The van der Waals surface area contributed by atoms with Gasteiger partial charge in [0.2, 0.25) is 5.60 Å². The zero-order chi connectivity index (χ0) is 32.6. The number of nitrogens with one attached hydrogen (secondary N) is 1. The fraction of sp³-hybridized carbons (Fsp3) is 0.406. The summed E-state index contributed by atoms with van der Waals surface area (Å²) in [6, 6.07) is 10.2. The number of nitrogens with two attached hydrogens (primary N) is 1. The molecule has 10 nitrogen and oxygen atoms in total. The molecule has 2 aromatic carbocycles. The number of piperazine rings is 1. The second-order valence-electron chi connectivity index (χ2n) is 11.9. The molecule has 0 radical (unpaired) electrons. The van der Waals surface area contributed by atoms with Crippen LogP contribution < -0.4 is 20.9 Å². The van der Waals surface area contributed by atoms with E-state index in [1.807, 2.05) is 0 Å². The molecular formula is C32H34ClF3N6O4. The van der Waals surface area contributed by atoms with Gasteiger partial charge in [0.1, 0.15) is 29.4 Å². The molecule has 0 aliphatic carbocycles. The number of halogens is 4. The van der Waals surface area contributed by atoms with Crippen molar-refractivity contribution in [2.45, 2.75) is 43.2 Å². The fourth-order valence-corrected chi connectivity index (χ4v) is 6.64. The Morgan fingerprint density at radius 2 is 1.85 bits per heavy atom. The van der Waals surface area contributed by atoms with Crippen molar-refractivity contribution in [1.82, 2.24) is 15.2 Å². The Morgan fingerprint density at radius 3 is 2.54 bits per heavy atom. The minimum Gasteiger partial charge on any atom is -0.372 e. The average molecular weight is 659 g/mol. The summed E-state index contributed by atoms with van der Waals surface area (Å²) in [5.41, 5.74) is 5.08. The Balaban J connectivity index is 1.01. The normalized spacial score (nSPS) is 25.6. The molecule has 46 heavy (non-hydrogen) atoms. The summed E-state index contributed by atoms with van der Waals surface area (Å²) >= 11 is 5.86. The summed E-state index contributed by atoms with van der Waals surface area (Å²) in [7, 11) is 0. The Hall–Kier alpha value is -3.75. The third-order valence-electron chi connectivity index (χ3n) is 8.91. The molecule has 0 spiro atoms. The molecule has 244 valence electrons. The molecule has 14 heteroatoms. The summed E-state index contributed by atoms with van der Waals surface area (Å²) < 4.78 is 47.6. The smallest absolute Gasteiger partial charge is 0.268 e. The maximum Gasteiger partial charge on any atom is 0.268 e. The summed E-state index contributed by atoms with van der Waals surface area (Å²) in [5, 5.41) is 13.6. The number of nitrogens with zero attached hydrogens (tertiary/aromatic N) is 4. The van der Waals surface area contributed by atoms with Crippen LogP contribution in [-0.4, -0.2) is 83.8 Å². The molecule has 3 aliphatic rings. The number of carbonyl (C=O) groups excluding carboxylic acids is 2. The lowest BCUT2D eigenvalue weighted by Crippen LogP contribution is -2.55. The van der Waals surface area contributed by atoms with Crippen LogP contribution in [0.2, 0.25) is 5.02 Å². The van der Waals surface area contributed by atoms with E-state index in [4.69, 9.17) is 22.1 Å². The van der Waals surface area contributed by atoms with Crippen molar-refractivity contribution < 1.29 is 32.6 Å². The molecule has 0 saturated carbocycles. The van der Waals surface area contributed by atoms with Crippen LogP contribution in [0.4, 0.5) is 24.7 Å². The number of hydrogen-bond acceptors (Lipinski definition) is 8. The number of benzene rings is 2. The quantitative estimate of drug-likeness (QED) is 0.331. The van der Waals surface area contributed by atoms with E-state index in [1.165, 1.54) is 23.2 Å². The highest BCUT2D eigenvalue weighted by atomic mass is 35.5. The number of pyridine rings is 1. The molecule has 0 bridgehead atoms. The minimum absolute atomic E-state index is 0.0455. The predicted octanol–water partition coefficient (Wildman–Crippen LogP) is 2.92. The molecule has 1 aromatic heterocycles. The van der Waals surface area contributed by atoms with Crippen LogP contribution in [0.25, 0.3) is 0 Å². The summed E-state index contributed by atoms with van der Waals surface area (Å²) in [6.07, 6.45) is 1.31. The van der Waals surface area contributed by atoms with Crippen molar-refractivity contribution in [3.05, 3.63) is 88.3 Å². The molecule has 4 heterocycles. The largest absolute Gasteiger partial charge is 0.372 e. The van der Waals surface area contributed by atoms with Crippen molar-refractivity contribution in [2.24, 2.45) is 5.73 Å². The van der Waals surface area contributed by atoms with Crippen LogP contribution >= 0.6 is 11.6 Å². The summed E-state index contributed by atoms with van der Waals surface area (Å²) in [6.45, 7) is 3.17. The molecule has 3 aliphatic heterocycles. The first-order chi connectivity index (χ1) is 22.0. The molecule has 2 amide bonds. The maximum atomic E-state index is 14.3. The number of aromatic nitrogens is 1. The van der Waals surface area contributed by atoms with E-state index in [0.29, 0.717) is 37.4 Å². The molecule has 3 aromatic rings. The minimum atomic E-state index is -2.26. The Morgan fingerprint density at radius 1 is 1.07 bits per heavy atom. The third-order valence-corrected chi connectivity index (χ3v) is 9.13. The number of ether oxygens (including phenoxy) is 1. The zero-order valence-corrected chi connectivity index (χ0v) is 25.6. The maximum absolute atomic E-state index is 14.3. The number of hydrogen-bond donors (Lipinski definition) is 3. The topological polar surface area (TPSA) is 124 Å². The van der Waals surface area contributed by atoms with Gasteiger partial charge >= 0.3 is 0 Å². The van der Waals surface area contributed by atoms with Crippen molar-refractivity contribution >= 4 is 34.9 Å². The highest BCUT2D eigenvalue weighted by molar-refractivity contribution is 6.30. The SMILES string of the molecule is N[C@H]1C[C@H](N2CCN(c3ccc(N4CC[C@](O)(C(=O)NCc5cc(F)cc(Cl)c5)C4=O)cn3)CC2)CO[C@@H]1c1cc(F)ccc1F. The van der Waals surface area contributed by atoms with Gasteiger partial charge in [0.05, 0.1) is 18.5 Å². The monoisotopic (exact) mass is 658 g/mol. The van der Waals surface area contributed by atoms with Gasteiger partial charge in [0.25, 0.3) is 11.8 Å². The van der Waals surface area contributed by atoms with Gasteiger partial charge in [-0.1, -0.05) is 11.6 Å². The lowest BCUT2D eigenvalue weighted by Gasteiger charge is -2.44. The van der Waals surface area contributed by atoms with Crippen LogP contribution in [0.15, 0.2) is 54.7 Å². The summed E-state index contributed by atoms with van der Waals surface area (Å²) in [4.78, 5) is 36.2. The van der Waals surface area contributed by atoms with E-state index >= 15 is 0 Å². The molecule has 4 atom stereocenters. The number of carbonyl (C=O) groups is 2. The lowest BCUT2D eigenvalue weighted by molar-refractivity contribution is -0.149. The van der Waals surface area contributed by atoms with E-state index in [0.717, 1.165) is 43.2 Å². The second kappa shape index (κ2) is 13.2. The van der Waals surface area contributed by atoms with E-state index in [2.05, 4.69) is 20.1 Å². The van der Waals surface area contributed by atoms with E-state index in [1.54, 1.807) is 12.1 Å². The van der Waals surface area contributed by atoms with E-state index in [-0.39, 0.29) is 36.1 Å². The van der Waals surface area contributed by atoms with E-state index in [9.17, 15) is 27.9 Å². The highest BCUT2D eigenvalue weighted by Gasteiger charge is 2.51. The van der Waals surface area contributed by atoms with Crippen molar-refractivity contribution in [3.8, 4) is 0 Å². The number of rotatable bonds is 7. The van der Waals surface area contributed by atoms with Crippen LogP contribution in [-0.2, 0) is 20.9 Å². The fourth-order valence-electron chi connectivity index (χ4n) is 6.40. The Kier molecular flexibility index (Phi) is 9.22. The van der Waals surface area contributed by atoms with Crippen LogP contribution in [0, 0.1) is 17.5 Å². The number of anilines is 2. The van der Waals surface area contributed by atoms with Crippen molar-refractivity contribution in [3.63, 3.8) is 0 Å². The highest BCUT2D eigenvalue weighted by Crippen LogP contribution is 2.33. The predicted molar refractivity (Wildman–Crippen MR) is 165 cm³/mol. The van der Waals surface area contributed by atoms with Gasteiger partial charge in [-0.2, -0.15) is 0 Å². The first kappa shape index (κ1) is 32.2. The lowest BCUT2D eigenvalue weighted by atomic mass is 9.93. The van der Waals surface area contributed by atoms with Gasteiger partial charge in [-0.3, -0.25) is 14.5 Å². The summed E-state index contributed by atoms with van der Waals surface area (Å²) in [5.74, 6) is -2.55. The number of aliphatic hydroxyl groups is 1. The van der Waals surface area contributed by atoms with E-state index < -0.39 is 47.0 Å². The molecular weight excluding hydrogens is 625 g/mol. The van der Waals surface area contributed by atoms with Gasteiger partial charge < -0.3 is 30.7 Å². The third kappa shape index (κ3) is 6.56. The number of amides is 2. The van der Waals surface area contributed by atoms with Crippen LogP contribution in [0.1, 0.15) is 30.1 Å². The molecule has 3 saturated heterocycles. The zero-order valence-electron chi connectivity index (χ0n) is 24.8. The van der Waals surface area contributed by atoms with Crippen molar-refractivity contribution in [1.29, 1.82) is 0 Å². The average Bonchev–Trinajstić information content (AvgIpc) is 3.35. The van der Waals surface area contributed by atoms with Gasteiger partial charge in [0, 0.05) is 68.4 Å². The van der Waals surface area contributed by atoms with Gasteiger partial charge in [0.15, 0.2) is 0 Å². The first-order valence-corrected chi connectivity index (χ1v) is 15.4. The molecule has 0 unspecified atom stereocenters. The van der Waals surface area contributed by atoms with Crippen LogP contribution in [0.5, 0.6) is 0 Å². The van der Waals surface area contributed by atoms with Gasteiger partial charge in [-0.25, -0.2) is 18.2 Å². The van der Waals surface area contributed by atoms with Crippen LogP contribution in [0.3, 0.4) is 0 Å². The van der Waals surface area contributed by atoms with Gasteiger partial charge in [-0.15, -0.1) is 0 Å². The molecule has 6 rings (SSSR count). The second-order valence-corrected chi connectivity index (χ2v) is 12.3. The van der Waals surface area contributed by atoms with Gasteiger partial charge in [-0.05, 0) is 60.5 Å². The Labute approximate surface area is 268 Å².